The van der Waals surface area contributed by atoms with E-state index in [0.717, 1.165) is 6.42 Å². The zero-order valence-electron chi connectivity index (χ0n) is 10.9. The van der Waals surface area contributed by atoms with Gasteiger partial charge >= 0.3 is 11.9 Å². The van der Waals surface area contributed by atoms with Gasteiger partial charge in [0.2, 0.25) is 0 Å². The Morgan fingerprint density at radius 3 is 1.63 bits per heavy atom. The maximum absolute atomic E-state index is 10.3. The minimum Gasteiger partial charge on any atom is -0.478 e. The predicted octanol–water partition coefficient (Wildman–Crippen LogP) is 3.47. The number of benzene rings is 1. The van der Waals surface area contributed by atoms with Gasteiger partial charge in [0.15, 0.2) is 0 Å². The third-order valence-electron chi connectivity index (χ3n) is 2.32. The second kappa shape index (κ2) is 8.69. The molecule has 0 saturated carbocycles. The maximum Gasteiger partial charge on any atom is 0.335 e. The zero-order valence-corrected chi connectivity index (χ0v) is 10.9. The molecular weight excluding hydrogens is 244 g/mol. The van der Waals surface area contributed by atoms with Crippen molar-refractivity contribution in [1.29, 1.82) is 0 Å². The summed E-state index contributed by atoms with van der Waals surface area (Å²) in [6, 6.07) is 5.02. The fourth-order valence-corrected chi connectivity index (χ4v) is 1.11. The molecule has 102 valence electrons. The molecule has 1 aromatic rings. The van der Waals surface area contributed by atoms with Crippen LogP contribution in [0.4, 0.5) is 0 Å². The summed E-state index contributed by atoms with van der Waals surface area (Å²) < 4.78 is 0. The van der Waals surface area contributed by atoms with E-state index in [1.807, 2.05) is 12.2 Å². The summed E-state index contributed by atoms with van der Waals surface area (Å²) in [6.45, 7) is 9.35. The lowest BCUT2D eigenvalue weighted by molar-refractivity contribution is 0.0681. The molecule has 0 aromatic heterocycles. The molecule has 0 spiro atoms. The van der Waals surface area contributed by atoms with Gasteiger partial charge in [-0.1, -0.05) is 19.1 Å². The van der Waals surface area contributed by atoms with Crippen LogP contribution in [0.3, 0.4) is 0 Å². The quantitative estimate of drug-likeness (QED) is 0.797. The topological polar surface area (TPSA) is 74.6 Å². The Morgan fingerprint density at radius 2 is 1.47 bits per heavy atom. The predicted molar refractivity (Wildman–Crippen MR) is 74.5 cm³/mol. The van der Waals surface area contributed by atoms with Crippen LogP contribution < -0.4 is 0 Å². The largest absolute Gasteiger partial charge is 0.478 e. The van der Waals surface area contributed by atoms with Crippen LogP contribution in [0, 0.1) is 5.92 Å². The van der Waals surface area contributed by atoms with Crippen LogP contribution in [0.2, 0.25) is 0 Å². The highest BCUT2D eigenvalue weighted by Crippen LogP contribution is 2.03. The molecule has 0 amide bonds. The van der Waals surface area contributed by atoms with E-state index in [4.69, 9.17) is 10.2 Å². The molecule has 1 aromatic carbocycles. The Labute approximate surface area is 112 Å². The lowest BCUT2D eigenvalue weighted by Crippen LogP contribution is -1.99. The summed E-state index contributed by atoms with van der Waals surface area (Å²) in [7, 11) is 0. The standard InChI is InChI=1S/C8H6O4.C7H12/c9-7(10)5-1-2-6(4-3-5)8(11)12;1-4-6-7(3)5-2/h1-4H,(H,9,10)(H,11,12);4-5,7H,1-2,6H2,3H3. The molecule has 1 atom stereocenters. The summed E-state index contributed by atoms with van der Waals surface area (Å²) in [6.07, 6.45) is 4.89. The number of allylic oxidation sites excluding steroid dienone is 2. The molecule has 0 radical (unpaired) electrons. The van der Waals surface area contributed by atoms with Crippen molar-refractivity contribution in [2.45, 2.75) is 13.3 Å². The van der Waals surface area contributed by atoms with Crippen LogP contribution in [0.1, 0.15) is 34.1 Å². The van der Waals surface area contributed by atoms with Gasteiger partial charge in [0, 0.05) is 0 Å². The maximum atomic E-state index is 10.3. The first-order valence-corrected chi connectivity index (χ1v) is 5.72. The Bertz CT molecular complexity index is 413. The molecule has 1 rings (SSSR count). The smallest absolute Gasteiger partial charge is 0.335 e. The molecule has 19 heavy (non-hydrogen) atoms. The first-order chi connectivity index (χ1) is 8.92. The normalized spacial score (nSPS) is 10.6. The van der Waals surface area contributed by atoms with E-state index in [0.29, 0.717) is 5.92 Å². The third kappa shape index (κ3) is 6.83. The number of hydrogen-bond acceptors (Lipinski definition) is 2. The monoisotopic (exact) mass is 262 g/mol. The molecule has 0 heterocycles. The van der Waals surface area contributed by atoms with E-state index in [9.17, 15) is 9.59 Å². The molecule has 4 nitrogen and oxygen atoms in total. The molecule has 0 aliphatic rings. The van der Waals surface area contributed by atoms with Crippen molar-refractivity contribution in [2.75, 3.05) is 0 Å². The van der Waals surface area contributed by atoms with Gasteiger partial charge in [0.05, 0.1) is 11.1 Å². The second-order valence-electron chi connectivity index (χ2n) is 3.93. The fraction of sp³-hybridized carbons (Fsp3) is 0.200. The number of carboxylic acids is 2. The van der Waals surface area contributed by atoms with Crippen molar-refractivity contribution in [1.82, 2.24) is 0 Å². The minimum absolute atomic E-state index is 0.0833. The van der Waals surface area contributed by atoms with Crippen LogP contribution >= 0.6 is 0 Å². The van der Waals surface area contributed by atoms with Crippen LogP contribution in [-0.2, 0) is 0 Å². The Morgan fingerprint density at radius 1 is 1.11 bits per heavy atom. The van der Waals surface area contributed by atoms with Crippen LogP contribution in [-0.4, -0.2) is 22.2 Å². The van der Waals surface area contributed by atoms with Crippen molar-refractivity contribution >= 4 is 11.9 Å². The van der Waals surface area contributed by atoms with Crippen LogP contribution in [0.25, 0.3) is 0 Å². The lowest BCUT2D eigenvalue weighted by Gasteiger charge is -1.95. The van der Waals surface area contributed by atoms with Crippen molar-refractivity contribution < 1.29 is 19.8 Å². The van der Waals surface area contributed by atoms with Crippen molar-refractivity contribution in [3.63, 3.8) is 0 Å². The van der Waals surface area contributed by atoms with Crippen LogP contribution in [0.5, 0.6) is 0 Å². The summed E-state index contributed by atoms with van der Waals surface area (Å²) in [4.78, 5) is 20.7. The van der Waals surface area contributed by atoms with Crippen molar-refractivity contribution in [3.8, 4) is 0 Å². The number of carboxylic acid groups (broad SMARTS) is 2. The number of hydrogen-bond donors (Lipinski definition) is 2. The van der Waals surface area contributed by atoms with Crippen LogP contribution in [0.15, 0.2) is 49.6 Å². The molecule has 0 aliphatic carbocycles. The number of rotatable bonds is 5. The average Bonchev–Trinajstić information content (AvgIpc) is 2.39. The van der Waals surface area contributed by atoms with E-state index < -0.39 is 11.9 Å². The first kappa shape index (κ1) is 16.6. The van der Waals surface area contributed by atoms with Gasteiger partial charge in [-0.2, -0.15) is 0 Å². The van der Waals surface area contributed by atoms with E-state index in [-0.39, 0.29) is 11.1 Å². The summed E-state index contributed by atoms with van der Waals surface area (Å²) >= 11 is 0. The van der Waals surface area contributed by atoms with Gasteiger partial charge < -0.3 is 10.2 Å². The van der Waals surface area contributed by atoms with Crippen molar-refractivity contribution in [2.24, 2.45) is 5.92 Å². The zero-order chi connectivity index (χ0) is 14.8. The summed E-state index contributed by atoms with van der Waals surface area (Å²) in [5, 5.41) is 16.9. The molecule has 2 N–H and O–H groups in total. The lowest BCUT2D eigenvalue weighted by atomic mass is 10.1. The Kier molecular flexibility index (Phi) is 7.61. The van der Waals surface area contributed by atoms with E-state index in [2.05, 4.69) is 20.1 Å². The van der Waals surface area contributed by atoms with Gasteiger partial charge in [-0.3, -0.25) is 0 Å². The molecule has 0 saturated heterocycles. The second-order valence-corrected chi connectivity index (χ2v) is 3.93. The van der Waals surface area contributed by atoms with Gasteiger partial charge in [-0.15, -0.1) is 13.2 Å². The molecule has 0 aliphatic heterocycles. The van der Waals surface area contributed by atoms with Gasteiger partial charge in [0.25, 0.3) is 0 Å². The molecule has 1 unspecified atom stereocenters. The fourth-order valence-electron chi connectivity index (χ4n) is 1.11. The highest BCUT2D eigenvalue weighted by atomic mass is 16.4. The molecule has 0 bridgehead atoms. The Hall–Kier alpha value is -2.36. The van der Waals surface area contributed by atoms with Crippen molar-refractivity contribution in [3.05, 3.63) is 60.7 Å². The van der Waals surface area contributed by atoms with E-state index in [1.54, 1.807) is 0 Å². The summed E-state index contributed by atoms with van der Waals surface area (Å²) in [5.74, 6) is -1.53. The van der Waals surface area contributed by atoms with Gasteiger partial charge in [-0.25, -0.2) is 9.59 Å². The van der Waals surface area contributed by atoms with E-state index >= 15 is 0 Å². The number of aromatic carboxylic acids is 2. The molecular formula is C15H18O4. The van der Waals surface area contributed by atoms with E-state index in [1.165, 1.54) is 24.3 Å². The molecule has 4 heteroatoms. The van der Waals surface area contributed by atoms with Gasteiger partial charge in [0.1, 0.15) is 0 Å². The highest BCUT2D eigenvalue weighted by Gasteiger charge is 2.04. The highest BCUT2D eigenvalue weighted by molar-refractivity contribution is 5.91. The Balaban J connectivity index is 0.000000399. The minimum atomic E-state index is -1.06. The first-order valence-electron chi connectivity index (χ1n) is 5.72. The third-order valence-corrected chi connectivity index (χ3v) is 2.32. The average molecular weight is 262 g/mol. The summed E-state index contributed by atoms with van der Waals surface area (Å²) in [5.41, 5.74) is 0.167. The van der Waals surface area contributed by atoms with Gasteiger partial charge in [-0.05, 0) is 36.6 Å². The molecule has 0 fully saturated rings. The SMILES string of the molecule is C=CCC(C)C=C.O=C(O)c1ccc(C(=O)O)cc1. The number of carbonyl (C=O) groups is 2.